The minimum Gasteiger partial charge on any atom is -0.497 e. The van der Waals surface area contributed by atoms with Gasteiger partial charge in [0, 0.05) is 42.4 Å². The number of aromatic amines is 1. The molecule has 6 heteroatoms. The van der Waals surface area contributed by atoms with Crippen molar-refractivity contribution in [1.29, 1.82) is 0 Å². The predicted octanol–water partition coefficient (Wildman–Crippen LogP) is 3.63. The second kappa shape index (κ2) is 8.32. The molecular formula is C24H27N3O3. The van der Waals surface area contributed by atoms with Crippen molar-refractivity contribution in [1.82, 2.24) is 14.9 Å². The van der Waals surface area contributed by atoms with Gasteiger partial charge in [0.2, 0.25) is 0 Å². The molecule has 1 aromatic heterocycles. The van der Waals surface area contributed by atoms with E-state index in [0.717, 1.165) is 52.5 Å². The maximum Gasteiger partial charge on any atom is 0.254 e. The standard InChI is InChI=1S/C24H27N3O3/c1-15-5-7-17(8-6-15)23-25-21-14-27(10-9-19(21)24(28)26-23)13-20-16(2)11-18(29-3)12-22(20)30-4/h5-8,11-12H,9-10,13-14H2,1-4H3,(H,25,26,28). The molecule has 30 heavy (non-hydrogen) atoms. The van der Waals surface area contributed by atoms with Gasteiger partial charge in [-0.25, -0.2) is 4.98 Å². The van der Waals surface area contributed by atoms with Crippen molar-refractivity contribution in [3.63, 3.8) is 0 Å². The van der Waals surface area contributed by atoms with Crippen LogP contribution in [-0.4, -0.2) is 35.6 Å². The number of fused-ring (bicyclic) bond motifs is 1. The number of methoxy groups -OCH3 is 2. The second-order valence-corrected chi connectivity index (χ2v) is 7.79. The van der Waals surface area contributed by atoms with Crippen molar-refractivity contribution in [2.24, 2.45) is 0 Å². The van der Waals surface area contributed by atoms with Gasteiger partial charge in [-0.1, -0.05) is 29.8 Å². The molecule has 0 aliphatic carbocycles. The number of aryl methyl sites for hydroxylation is 2. The maximum absolute atomic E-state index is 12.7. The van der Waals surface area contributed by atoms with E-state index in [-0.39, 0.29) is 5.56 Å². The average molecular weight is 405 g/mol. The molecule has 0 saturated heterocycles. The molecule has 4 rings (SSSR count). The van der Waals surface area contributed by atoms with E-state index < -0.39 is 0 Å². The van der Waals surface area contributed by atoms with Crippen LogP contribution in [0.1, 0.15) is 27.9 Å². The van der Waals surface area contributed by atoms with E-state index in [0.29, 0.717) is 18.8 Å². The highest BCUT2D eigenvalue weighted by Crippen LogP contribution is 2.30. The largest absolute Gasteiger partial charge is 0.497 e. The van der Waals surface area contributed by atoms with Crippen molar-refractivity contribution >= 4 is 0 Å². The van der Waals surface area contributed by atoms with Gasteiger partial charge >= 0.3 is 0 Å². The summed E-state index contributed by atoms with van der Waals surface area (Å²) in [7, 11) is 3.34. The smallest absolute Gasteiger partial charge is 0.254 e. The quantitative estimate of drug-likeness (QED) is 0.702. The SMILES string of the molecule is COc1cc(C)c(CN2CCc3c(nc(-c4ccc(C)cc4)[nH]c3=O)C2)c(OC)c1. The summed E-state index contributed by atoms with van der Waals surface area (Å²) >= 11 is 0. The molecule has 0 fully saturated rings. The minimum atomic E-state index is -0.0339. The van der Waals surface area contributed by atoms with Crippen molar-refractivity contribution in [2.45, 2.75) is 33.4 Å². The van der Waals surface area contributed by atoms with E-state index in [1.165, 1.54) is 5.56 Å². The Morgan fingerprint density at radius 3 is 2.57 bits per heavy atom. The Morgan fingerprint density at radius 2 is 1.87 bits per heavy atom. The Morgan fingerprint density at radius 1 is 1.10 bits per heavy atom. The first-order chi connectivity index (χ1) is 14.5. The lowest BCUT2D eigenvalue weighted by molar-refractivity contribution is 0.236. The van der Waals surface area contributed by atoms with E-state index in [9.17, 15) is 4.79 Å². The van der Waals surface area contributed by atoms with E-state index in [2.05, 4.69) is 16.8 Å². The Balaban J connectivity index is 1.62. The summed E-state index contributed by atoms with van der Waals surface area (Å²) in [6.07, 6.45) is 0.684. The van der Waals surface area contributed by atoms with Crippen LogP contribution in [0, 0.1) is 13.8 Å². The zero-order valence-corrected chi connectivity index (χ0v) is 17.9. The molecule has 0 atom stereocenters. The second-order valence-electron chi connectivity index (χ2n) is 7.79. The summed E-state index contributed by atoms with van der Waals surface area (Å²) in [5.41, 5.74) is 5.96. The first kappa shape index (κ1) is 20.2. The van der Waals surface area contributed by atoms with E-state index in [1.807, 2.05) is 43.3 Å². The van der Waals surface area contributed by atoms with Crippen LogP contribution in [0.15, 0.2) is 41.2 Å². The molecule has 2 aromatic carbocycles. The Kier molecular flexibility index (Phi) is 5.59. The van der Waals surface area contributed by atoms with Crippen LogP contribution in [0.5, 0.6) is 11.5 Å². The molecule has 0 unspecified atom stereocenters. The van der Waals surface area contributed by atoms with Gasteiger partial charge in [-0.3, -0.25) is 9.69 Å². The van der Waals surface area contributed by atoms with Crippen molar-refractivity contribution in [3.05, 3.63) is 74.7 Å². The maximum atomic E-state index is 12.7. The Labute approximate surface area is 176 Å². The predicted molar refractivity (Wildman–Crippen MR) is 117 cm³/mol. The number of ether oxygens (including phenoxy) is 2. The monoisotopic (exact) mass is 405 g/mol. The third kappa shape index (κ3) is 3.96. The van der Waals surface area contributed by atoms with Gasteiger partial charge in [0.1, 0.15) is 17.3 Å². The average Bonchev–Trinajstić information content (AvgIpc) is 2.75. The molecule has 6 nitrogen and oxygen atoms in total. The third-order valence-electron chi connectivity index (χ3n) is 5.72. The minimum absolute atomic E-state index is 0.0339. The molecule has 0 radical (unpaired) electrons. The first-order valence-electron chi connectivity index (χ1n) is 10.1. The van der Waals surface area contributed by atoms with Crippen LogP contribution < -0.4 is 15.0 Å². The molecule has 1 N–H and O–H groups in total. The molecule has 0 bridgehead atoms. The normalized spacial score (nSPS) is 13.7. The number of nitrogens with zero attached hydrogens (tertiary/aromatic N) is 2. The summed E-state index contributed by atoms with van der Waals surface area (Å²) < 4.78 is 11.0. The van der Waals surface area contributed by atoms with Crippen LogP contribution >= 0.6 is 0 Å². The number of aromatic nitrogens is 2. The summed E-state index contributed by atoms with van der Waals surface area (Å²) in [5, 5.41) is 0. The summed E-state index contributed by atoms with van der Waals surface area (Å²) in [6, 6.07) is 12.0. The zero-order valence-electron chi connectivity index (χ0n) is 17.9. The molecule has 1 aliphatic rings. The van der Waals surface area contributed by atoms with Gasteiger partial charge in [0.25, 0.3) is 5.56 Å². The molecular weight excluding hydrogens is 378 g/mol. The van der Waals surface area contributed by atoms with Gasteiger partial charge in [-0.2, -0.15) is 0 Å². The van der Waals surface area contributed by atoms with Crippen molar-refractivity contribution < 1.29 is 9.47 Å². The van der Waals surface area contributed by atoms with Gasteiger partial charge < -0.3 is 14.5 Å². The summed E-state index contributed by atoms with van der Waals surface area (Å²) in [5.74, 6) is 2.23. The summed E-state index contributed by atoms with van der Waals surface area (Å²) in [6.45, 7) is 6.27. The first-order valence-corrected chi connectivity index (χ1v) is 10.1. The molecule has 0 amide bonds. The third-order valence-corrected chi connectivity index (χ3v) is 5.72. The van der Waals surface area contributed by atoms with E-state index in [1.54, 1.807) is 14.2 Å². The van der Waals surface area contributed by atoms with Gasteiger partial charge in [-0.15, -0.1) is 0 Å². The van der Waals surface area contributed by atoms with Crippen LogP contribution in [0.4, 0.5) is 0 Å². The lowest BCUT2D eigenvalue weighted by atomic mass is 10.0. The van der Waals surface area contributed by atoms with Crippen LogP contribution in [0.2, 0.25) is 0 Å². The lowest BCUT2D eigenvalue weighted by Crippen LogP contribution is -2.35. The molecule has 3 aromatic rings. The Bertz CT molecular complexity index is 1120. The fraction of sp³-hybridized carbons (Fsp3) is 0.333. The molecule has 156 valence electrons. The molecule has 2 heterocycles. The highest BCUT2D eigenvalue weighted by Gasteiger charge is 2.23. The number of hydrogen-bond donors (Lipinski definition) is 1. The van der Waals surface area contributed by atoms with Crippen LogP contribution in [-0.2, 0) is 19.5 Å². The lowest BCUT2D eigenvalue weighted by Gasteiger charge is -2.29. The number of H-pyrrole nitrogens is 1. The van der Waals surface area contributed by atoms with Crippen LogP contribution in [0.3, 0.4) is 0 Å². The van der Waals surface area contributed by atoms with Gasteiger partial charge in [0.15, 0.2) is 0 Å². The van der Waals surface area contributed by atoms with E-state index >= 15 is 0 Å². The van der Waals surface area contributed by atoms with E-state index in [4.69, 9.17) is 14.5 Å². The highest BCUT2D eigenvalue weighted by atomic mass is 16.5. The van der Waals surface area contributed by atoms with Gasteiger partial charge in [-0.05, 0) is 31.9 Å². The topological polar surface area (TPSA) is 67.5 Å². The molecule has 1 aliphatic heterocycles. The number of nitrogens with one attached hydrogen (secondary N) is 1. The summed E-state index contributed by atoms with van der Waals surface area (Å²) in [4.78, 5) is 22.7. The zero-order chi connectivity index (χ0) is 21.3. The fourth-order valence-electron chi connectivity index (χ4n) is 3.96. The van der Waals surface area contributed by atoms with Gasteiger partial charge in [0.05, 0.1) is 19.9 Å². The number of benzene rings is 2. The van der Waals surface area contributed by atoms with Crippen molar-refractivity contribution in [3.8, 4) is 22.9 Å². The van der Waals surface area contributed by atoms with Crippen molar-refractivity contribution in [2.75, 3.05) is 20.8 Å². The Hall–Kier alpha value is -3.12. The molecule has 0 spiro atoms. The number of rotatable bonds is 5. The fourth-order valence-corrected chi connectivity index (χ4v) is 3.96. The highest BCUT2D eigenvalue weighted by molar-refractivity contribution is 5.55. The van der Waals surface area contributed by atoms with Crippen LogP contribution in [0.25, 0.3) is 11.4 Å². The molecule has 0 saturated carbocycles. The number of hydrogen-bond acceptors (Lipinski definition) is 5.